The van der Waals surface area contributed by atoms with E-state index in [9.17, 15) is 19.8 Å². The Morgan fingerprint density at radius 2 is 2.14 bits per heavy atom. The van der Waals surface area contributed by atoms with Crippen molar-refractivity contribution in [3.63, 3.8) is 0 Å². The lowest BCUT2D eigenvalue weighted by atomic mass is 9.76. The molecule has 0 aromatic heterocycles. The summed E-state index contributed by atoms with van der Waals surface area (Å²) in [5.41, 5.74) is -0.588. The predicted molar refractivity (Wildman–Crippen MR) is 100 cm³/mol. The Bertz CT molecular complexity index is 745. The first kappa shape index (κ1) is 21.0. The van der Waals surface area contributed by atoms with E-state index in [2.05, 4.69) is 13.2 Å². The molecule has 3 rings (SSSR count). The largest absolute Gasteiger partial charge is 0.458 e. The van der Waals surface area contributed by atoms with Gasteiger partial charge in [0.25, 0.3) is 0 Å². The highest BCUT2D eigenvalue weighted by Crippen LogP contribution is 2.55. The van der Waals surface area contributed by atoms with E-state index in [1.807, 2.05) is 0 Å². The summed E-state index contributed by atoms with van der Waals surface area (Å²) in [4.78, 5) is 24.6. The third kappa shape index (κ3) is 3.20. The fourth-order valence-electron chi connectivity index (χ4n) is 4.72. The molecule has 0 spiro atoms. The third-order valence-corrected chi connectivity index (χ3v) is 6.69. The first-order valence-electron chi connectivity index (χ1n) is 9.18. The van der Waals surface area contributed by atoms with Crippen LogP contribution in [0.5, 0.6) is 0 Å². The number of hydrogen-bond donors (Lipinski definition) is 3. The number of aliphatic hydroxyl groups is 3. The molecular weight excluding hydrogens is 388 g/mol. The molecule has 0 bridgehead atoms. The standard InChI is InChI=1S/C20H25ClO7/c1-9(4-5-22)18(24)27-13-6-10(2)12-7-14(23)20(26,8-21)16(12)17-15(13)11(3)19(25)28-17/h4,12-17,22-23,26H,2-3,5-8H2,1H3/b9-4+/t12-,13-,14-,15+,16-,17-,20+/m0/s1. The number of carbonyl (C=O) groups excluding carboxylic acids is 2. The van der Waals surface area contributed by atoms with Crippen molar-refractivity contribution < 1.29 is 34.4 Å². The molecule has 0 aromatic carbocycles. The van der Waals surface area contributed by atoms with Crippen LogP contribution in [0.2, 0.25) is 0 Å². The minimum absolute atomic E-state index is 0.151. The van der Waals surface area contributed by atoms with Gasteiger partial charge in [0.2, 0.25) is 0 Å². The van der Waals surface area contributed by atoms with Gasteiger partial charge in [0.1, 0.15) is 17.8 Å². The number of rotatable bonds is 4. The normalized spacial score (nSPS) is 40.6. The zero-order valence-electron chi connectivity index (χ0n) is 15.6. The van der Waals surface area contributed by atoms with Crippen molar-refractivity contribution in [1.82, 2.24) is 0 Å². The molecule has 1 saturated heterocycles. The zero-order chi connectivity index (χ0) is 20.8. The molecule has 0 amide bonds. The van der Waals surface area contributed by atoms with Crippen molar-refractivity contribution >= 4 is 23.5 Å². The summed E-state index contributed by atoms with van der Waals surface area (Å²) >= 11 is 6.01. The Morgan fingerprint density at radius 1 is 1.46 bits per heavy atom. The summed E-state index contributed by atoms with van der Waals surface area (Å²) < 4.78 is 11.2. The van der Waals surface area contributed by atoms with E-state index in [1.54, 1.807) is 0 Å². The van der Waals surface area contributed by atoms with E-state index in [0.29, 0.717) is 5.57 Å². The van der Waals surface area contributed by atoms with Crippen LogP contribution in [-0.2, 0) is 19.1 Å². The van der Waals surface area contributed by atoms with Crippen molar-refractivity contribution in [3.05, 3.63) is 36.0 Å². The van der Waals surface area contributed by atoms with E-state index in [0.717, 1.165) is 0 Å². The molecule has 2 aliphatic carbocycles. The highest BCUT2D eigenvalue weighted by Gasteiger charge is 2.64. The van der Waals surface area contributed by atoms with Gasteiger partial charge in [-0.15, -0.1) is 11.6 Å². The molecule has 3 N–H and O–H groups in total. The minimum atomic E-state index is -1.66. The molecule has 0 aromatic rings. The van der Waals surface area contributed by atoms with Crippen LogP contribution in [0.15, 0.2) is 36.0 Å². The third-order valence-electron chi connectivity index (χ3n) is 6.26. The van der Waals surface area contributed by atoms with Gasteiger partial charge in [-0.3, -0.25) is 0 Å². The second kappa shape index (κ2) is 7.63. The number of ether oxygens (including phenoxy) is 2. The van der Waals surface area contributed by atoms with Crippen LogP contribution in [0.4, 0.5) is 0 Å². The van der Waals surface area contributed by atoms with Crippen LogP contribution in [-0.4, -0.2) is 63.7 Å². The number of hydrogen-bond acceptors (Lipinski definition) is 7. The van der Waals surface area contributed by atoms with Crippen LogP contribution < -0.4 is 0 Å². The minimum Gasteiger partial charge on any atom is -0.458 e. The molecular formula is C20H25ClO7. The lowest BCUT2D eigenvalue weighted by molar-refractivity contribution is -0.155. The lowest BCUT2D eigenvalue weighted by Crippen LogP contribution is -2.52. The number of esters is 2. The number of halogens is 1. The quantitative estimate of drug-likeness (QED) is 0.271. The molecule has 0 radical (unpaired) electrons. The van der Waals surface area contributed by atoms with E-state index in [4.69, 9.17) is 26.2 Å². The van der Waals surface area contributed by atoms with Gasteiger partial charge in [0.15, 0.2) is 0 Å². The van der Waals surface area contributed by atoms with E-state index < -0.39 is 47.7 Å². The van der Waals surface area contributed by atoms with Gasteiger partial charge in [0.05, 0.1) is 24.5 Å². The molecule has 2 saturated carbocycles. The van der Waals surface area contributed by atoms with Gasteiger partial charge in [-0.1, -0.05) is 18.7 Å². The van der Waals surface area contributed by atoms with Crippen LogP contribution >= 0.6 is 11.6 Å². The number of fused-ring (bicyclic) bond motifs is 3. The Kier molecular flexibility index (Phi) is 5.74. The fourth-order valence-corrected chi connectivity index (χ4v) is 5.07. The highest BCUT2D eigenvalue weighted by molar-refractivity contribution is 6.18. The van der Waals surface area contributed by atoms with Crippen molar-refractivity contribution in [3.8, 4) is 0 Å². The summed E-state index contributed by atoms with van der Waals surface area (Å²) in [5.74, 6) is -3.20. The van der Waals surface area contributed by atoms with Crippen molar-refractivity contribution in [1.29, 1.82) is 0 Å². The Morgan fingerprint density at radius 3 is 2.75 bits per heavy atom. The monoisotopic (exact) mass is 412 g/mol. The average molecular weight is 413 g/mol. The van der Waals surface area contributed by atoms with Gasteiger partial charge < -0.3 is 24.8 Å². The van der Waals surface area contributed by atoms with Crippen LogP contribution in [0.3, 0.4) is 0 Å². The summed E-state index contributed by atoms with van der Waals surface area (Å²) in [6.45, 7) is 9.10. The van der Waals surface area contributed by atoms with Crippen molar-refractivity contribution in [2.24, 2.45) is 17.8 Å². The molecule has 8 heteroatoms. The number of alkyl halides is 1. The number of carbonyl (C=O) groups is 2. The average Bonchev–Trinajstić information content (AvgIpc) is 3.04. The van der Waals surface area contributed by atoms with E-state index in [1.165, 1.54) is 13.0 Å². The lowest BCUT2D eigenvalue weighted by Gasteiger charge is -2.37. The number of aliphatic hydroxyl groups excluding tert-OH is 2. The van der Waals surface area contributed by atoms with Gasteiger partial charge >= 0.3 is 11.9 Å². The van der Waals surface area contributed by atoms with E-state index in [-0.39, 0.29) is 42.4 Å². The predicted octanol–water partition coefficient (Wildman–Crippen LogP) is 0.861. The molecule has 3 aliphatic rings. The summed E-state index contributed by atoms with van der Waals surface area (Å²) in [6.07, 6.45) is -0.906. The molecule has 1 aliphatic heterocycles. The van der Waals surface area contributed by atoms with Crippen molar-refractivity contribution in [2.75, 3.05) is 12.5 Å². The van der Waals surface area contributed by atoms with Crippen LogP contribution in [0, 0.1) is 17.8 Å². The second-order valence-electron chi connectivity index (χ2n) is 7.81. The van der Waals surface area contributed by atoms with Gasteiger partial charge in [-0.05, 0) is 25.3 Å². The van der Waals surface area contributed by atoms with Crippen LogP contribution in [0.1, 0.15) is 19.8 Å². The SMILES string of the molecule is C=C1C(=O)O[C@H]2[C@H]1[C@@H](OC(=O)/C(C)=C/CO)CC(=C)[C@@H]1C[C@H](O)[C@](O)(CCl)[C@H]21. The van der Waals surface area contributed by atoms with Crippen LogP contribution in [0.25, 0.3) is 0 Å². The highest BCUT2D eigenvalue weighted by atomic mass is 35.5. The molecule has 7 atom stereocenters. The molecule has 7 nitrogen and oxygen atoms in total. The van der Waals surface area contributed by atoms with Gasteiger partial charge in [-0.25, -0.2) is 9.59 Å². The summed E-state index contributed by atoms with van der Waals surface area (Å²) in [5, 5.41) is 30.5. The molecule has 3 fully saturated rings. The maximum atomic E-state index is 12.4. The second-order valence-corrected chi connectivity index (χ2v) is 8.07. The summed E-state index contributed by atoms with van der Waals surface area (Å²) in [6, 6.07) is 0. The Hall–Kier alpha value is -1.67. The smallest absolute Gasteiger partial charge is 0.334 e. The van der Waals surface area contributed by atoms with E-state index >= 15 is 0 Å². The Labute approximate surface area is 168 Å². The zero-order valence-corrected chi connectivity index (χ0v) is 16.4. The molecule has 0 unspecified atom stereocenters. The Balaban J connectivity index is 2.00. The maximum Gasteiger partial charge on any atom is 0.334 e. The first-order valence-corrected chi connectivity index (χ1v) is 9.71. The fraction of sp³-hybridized carbons (Fsp3) is 0.600. The van der Waals surface area contributed by atoms with Gasteiger partial charge in [-0.2, -0.15) is 0 Å². The molecule has 28 heavy (non-hydrogen) atoms. The van der Waals surface area contributed by atoms with Crippen molar-refractivity contribution in [2.45, 2.75) is 43.7 Å². The molecule has 154 valence electrons. The maximum absolute atomic E-state index is 12.4. The summed E-state index contributed by atoms with van der Waals surface area (Å²) in [7, 11) is 0. The topological polar surface area (TPSA) is 113 Å². The first-order chi connectivity index (χ1) is 13.2. The van der Waals surface area contributed by atoms with Gasteiger partial charge in [0, 0.05) is 23.5 Å². The molecule has 1 heterocycles.